The van der Waals surface area contributed by atoms with Gasteiger partial charge in [-0.05, 0) is 70.7 Å². The van der Waals surface area contributed by atoms with Gasteiger partial charge in [-0.25, -0.2) is 4.98 Å². The van der Waals surface area contributed by atoms with Crippen molar-refractivity contribution in [1.82, 2.24) is 15.0 Å². The summed E-state index contributed by atoms with van der Waals surface area (Å²) in [6, 6.07) is 30.3. The number of nitrogens with zero attached hydrogens (tertiary/aromatic N) is 3. The minimum absolute atomic E-state index is 0. The fourth-order valence-corrected chi connectivity index (χ4v) is 8.95. The molecule has 0 N–H and O–H groups in total. The van der Waals surface area contributed by atoms with Crippen LogP contribution in [0.3, 0.4) is 0 Å². The maximum absolute atomic E-state index is 14.7. The quantitative estimate of drug-likeness (QED) is 0.118. The Bertz CT molecular complexity index is 2720. The van der Waals surface area contributed by atoms with Gasteiger partial charge in [-0.3, -0.25) is 4.39 Å². The molecule has 0 amide bonds. The Morgan fingerprint density at radius 2 is 1.65 bits per heavy atom. The zero-order valence-corrected chi connectivity index (χ0v) is 37.2. The van der Waals surface area contributed by atoms with Crippen molar-refractivity contribution in [3.63, 3.8) is 0 Å². The van der Waals surface area contributed by atoms with Crippen LogP contribution >= 0.6 is 0 Å². The molecule has 1 saturated carbocycles. The van der Waals surface area contributed by atoms with E-state index in [1.165, 1.54) is 25.3 Å². The Morgan fingerprint density at radius 3 is 2.35 bits per heavy atom. The topological polar surface area (TPSA) is 51.8 Å². The second-order valence-electron chi connectivity index (χ2n) is 16.9. The summed E-state index contributed by atoms with van der Waals surface area (Å²) in [6.45, 7) is 11.5. The molecular weight excluding hydrogens is 898 g/mol. The van der Waals surface area contributed by atoms with Crippen LogP contribution in [0.1, 0.15) is 90.6 Å². The molecule has 4 nitrogen and oxygen atoms in total. The molecule has 3 aromatic carbocycles. The van der Waals surface area contributed by atoms with Crippen molar-refractivity contribution in [2.75, 3.05) is 0 Å². The Hall–Kier alpha value is -4.29. The molecule has 4 heterocycles. The predicted octanol–water partition coefficient (Wildman–Crippen LogP) is 13.3. The monoisotopic (exact) mass is 958 g/mol. The normalized spacial score (nSPS) is 16.8. The Kier molecular flexibility index (Phi) is 10.8. The fraction of sp³-hybridized carbons (Fsp3) is 0.340. The maximum atomic E-state index is 14.7. The summed E-state index contributed by atoms with van der Waals surface area (Å²) >= 11 is 0. The van der Waals surface area contributed by atoms with Crippen molar-refractivity contribution >= 4 is 35.3 Å². The van der Waals surface area contributed by atoms with Gasteiger partial charge in [0.25, 0.3) is 0 Å². The van der Waals surface area contributed by atoms with E-state index in [1.54, 1.807) is 12.3 Å². The number of hydrogen-bond donors (Lipinski definition) is 0. The number of pyridine rings is 3. The molecule has 297 valence electrons. The summed E-state index contributed by atoms with van der Waals surface area (Å²) in [5, 5.41) is 2.87. The van der Waals surface area contributed by atoms with Crippen LogP contribution in [0.25, 0.3) is 55.7 Å². The Balaban J connectivity index is 0.000000211. The van der Waals surface area contributed by atoms with Gasteiger partial charge in [-0.15, -0.1) is 42.0 Å². The number of benzene rings is 3. The molecule has 1 fully saturated rings. The van der Waals surface area contributed by atoms with E-state index in [9.17, 15) is 5.76 Å². The molecule has 0 aliphatic heterocycles. The number of hydrogen-bond acceptors (Lipinski definition) is 4. The molecule has 7 heteroatoms. The molecule has 57 heavy (non-hydrogen) atoms. The first-order valence-electron chi connectivity index (χ1n) is 22.6. The van der Waals surface area contributed by atoms with Crippen LogP contribution in [-0.2, 0) is 26.5 Å². The van der Waals surface area contributed by atoms with Crippen molar-refractivity contribution < 1.29 is 37.1 Å². The van der Waals surface area contributed by atoms with Crippen molar-refractivity contribution in [2.45, 2.75) is 98.6 Å². The summed E-state index contributed by atoms with van der Waals surface area (Å²) in [5.41, 5.74) is 6.16. The van der Waals surface area contributed by atoms with E-state index >= 15 is 0 Å². The first-order valence-corrected chi connectivity index (χ1v) is 23.1. The van der Waals surface area contributed by atoms with E-state index in [2.05, 4.69) is 77.9 Å². The van der Waals surface area contributed by atoms with Gasteiger partial charge in [0.05, 0.1) is 13.7 Å². The Labute approximate surface area is 361 Å². The third-order valence-corrected chi connectivity index (χ3v) is 12.5. The summed E-state index contributed by atoms with van der Waals surface area (Å²) in [4.78, 5) is 13.7. The molecule has 0 spiro atoms. The average molecular weight is 958 g/mol. The van der Waals surface area contributed by atoms with E-state index in [4.69, 9.17) is 11.3 Å². The molecular formula is C50H54FIrN3OSi-2. The third-order valence-electron chi connectivity index (χ3n) is 10.5. The van der Waals surface area contributed by atoms with Gasteiger partial charge in [0.15, 0.2) is 0 Å². The van der Waals surface area contributed by atoms with Gasteiger partial charge in [0.2, 0.25) is 5.71 Å². The molecule has 1 atom stereocenters. The van der Waals surface area contributed by atoms with Gasteiger partial charge in [-0.2, -0.15) is 0 Å². The number of rotatable bonds is 7. The standard InChI is InChI=1S/C30H27N2O.C20H27FNSi.Ir/c1-20(21-9-4-2-5-10-21)23-15-16-31-28(18-23)26-14-8-13-25-27-17-24(22-11-6-3-7-12-22)19-32-30(27)33-29(25)26;1-14-8-9-16(17(21)10-14)18-11-15(12-20(2,3)4)19(13-22-18)23(5,6)7;/h3,6-8,11-13,15-21H,2,4-5,9-10H2,1H3;8,10-11,13H,12H2,1-7H3;/q2*-1;/i20D;1D3,12D2;. The SMILES string of the molecule is [2H]C(C)(c1ccnc(-c2[c-]ccc3c2oc2ncc(-c4ccccc4)cc23)c1)C1CCCCC1.[2H]C([2H])([2H])c1c[c-]c(-c2cc(C([2H])([2H])C(C)(C)C)c([Si](C)(C)C)cn2)c(F)c1.[Ir]. The number of fused-ring (bicyclic) bond motifs is 3. The van der Waals surface area contributed by atoms with E-state index in [0.29, 0.717) is 17.2 Å². The molecule has 1 radical (unpaired) electrons. The molecule has 1 aliphatic carbocycles. The van der Waals surface area contributed by atoms with Crippen LogP contribution in [0, 0.1) is 36.1 Å². The summed E-state index contributed by atoms with van der Waals surface area (Å²) in [5.74, 6) is -0.987. The average Bonchev–Trinajstić information content (AvgIpc) is 3.61. The predicted molar refractivity (Wildman–Crippen MR) is 233 cm³/mol. The zero-order valence-electron chi connectivity index (χ0n) is 39.8. The molecule has 8 rings (SSSR count). The van der Waals surface area contributed by atoms with E-state index in [-0.39, 0.29) is 36.9 Å². The summed E-state index contributed by atoms with van der Waals surface area (Å²) < 4.78 is 69.8. The molecule has 1 unspecified atom stereocenters. The van der Waals surface area contributed by atoms with Gasteiger partial charge in [0.1, 0.15) is 0 Å². The van der Waals surface area contributed by atoms with Crippen molar-refractivity contribution in [3.05, 3.63) is 132 Å². The van der Waals surface area contributed by atoms with Crippen LogP contribution in [0.4, 0.5) is 4.39 Å². The molecule has 1 aliphatic rings. The minimum Gasteiger partial charge on any atom is -0.486 e. The number of aromatic nitrogens is 3. The van der Waals surface area contributed by atoms with Crippen molar-refractivity contribution in [1.29, 1.82) is 0 Å². The molecule has 0 saturated heterocycles. The zero-order chi connectivity index (χ0) is 44.8. The van der Waals surface area contributed by atoms with Gasteiger partial charge in [0, 0.05) is 63.7 Å². The second-order valence-corrected chi connectivity index (χ2v) is 22.0. The van der Waals surface area contributed by atoms with Gasteiger partial charge in [-0.1, -0.05) is 144 Å². The second kappa shape index (κ2) is 17.7. The van der Waals surface area contributed by atoms with Crippen molar-refractivity contribution in [3.8, 4) is 33.6 Å². The van der Waals surface area contributed by atoms with Gasteiger partial charge >= 0.3 is 0 Å². The van der Waals surface area contributed by atoms with Crippen LogP contribution in [0.2, 0.25) is 19.6 Å². The number of aryl methyl sites for hydroxylation is 1. The fourth-order valence-electron chi connectivity index (χ4n) is 7.55. The maximum Gasteiger partial charge on any atom is 0.216 e. The first kappa shape index (κ1) is 34.7. The van der Waals surface area contributed by atoms with Crippen molar-refractivity contribution in [2.24, 2.45) is 11.3 Å². The van der Waals surface area contributed by atoms with E-state index < -0.39 is 38.4 Å². The third kappa shape index (κ3) is 9.88. The molecule has 4 aromatic heterocycles. The number of halogens is 1. The van der Waals surface area contributed by atoms with E-state index in [1.807, 2.05) is 69.6 Å². The summed E-state index contributed by atoms with van der Waals surface area (Å²) in [7, 11) is -1.92. The Morgan fingerprint density at radius 1 is 0.895 bits per heavy atom. The van der Waals surface area contributed by atoms with E-state index in [0.717, 1.165) is 68.4 Å². The smallest absolute Gasteiger partial charge is 0.216 e. The summed E-state index contributed by atoms with van der Waals surface area (Å²) in [6.07, 6.45) is 9.65. The number of furan rings is 1. The van der Waals surface area contributed by atoms with Crippen LogP contribution in [0.15, 0.2) is 102 Å². The van der Waals surface area contributed by atoms with Crippen LogP contribution in [0.5, 0.6) is 0 Å². The molecule has 0 bridgehead atoms. The largest absolute Gasteiger partial charge is 0.486 e. The van der Waals surface area contributed by atoms with Crippen LogP contribution in [-0.4, -0.2) is 23.0 Å². The van der Waals surface area contributed by atoms with Gasteiger partial charge < -0.3 is 14.4 Å². The molecule has 7 aromatic rings. The van der Waals surface area contributed by atoms with Crippen LogP contribution < -0.4 is 5.19 Å². The first-order chi connectivity index (χ1) is 29.1. The minimum atomic E-state index is -2.42.